The van der Waals surface area contributed by atoms with Crippen molar-refractivity contribution >= 4 is 27.4 Å². The predicted molar refractivity (Wildman–Crippen MR) is 131 cm³/mol. The molecule has 1 aliphatic heterocycles. The van der Waals surface area contributed by atoms with E-state index < -0.39 is 0 Å². The SMILES string of the molecule is N#Cc1ccc(CN2CCC(c3cc(NCc4cccnc4)n4ncc(Br)c4n3)CC2)cc1. The first-order chi connectivity index (χ1) is 16.2. The zero-order valence-electron chi connectivity index (χ0n) is 18.2. The van der Waals surface area contributed by atoms with Gasteiger partial charge < -0.3 is 5.32 Å². The Morgan fingerprint density at radius 3 is 2.64 bits per heavy atom. The van der Waals surface area contributed by atoms with Gasteiger partial charge in [-0.3, -0.25) is 9.88 Å². The van der Waals surface area contributed by atoms with Crippen LogP contribution in [0.1, 0.15) is 41.1 Å². The van der Waals surface area contributed by atoms with E-state index in [0.29, 0.717) is 18.0 Å². The lowest BCUT2D eigenvalue weighted by Crippen LogP contribution is -2.32. The number of nitrogens with one attached hydrogen (secondary N) is 1. The van der Waals surface area contributed by atoms with Gasteiger partial charge in [0.15, 0.2) is 5.65 Å². The Morgan fingerprint density at radius 2 is 1.91 bits per heavy atom. The van der Waals surface area contributed by atoms with Gasteiger partial charge in [-0.15, -0.1) is 0 Å². The standard InChI is InChI=1S/C25H24BrN7/c26-22-16-30-33-24(29-15-20-2-1-9-28-14-20)12-23(31-25(22)33)21-7-10-32(11-8-21)17-19-5-3-18(13-27)4-6-19/h1-6,9,12,14,16,21,29H,7-8,10-11,15,17H2. The molecule has 3 aromatic heterocycles. The maximum absolute atomic E-state index is 8.99. The van der Waals surface area contributed by atoms with E-state index in [2.05, 4.69) is 66.6 Å². The summed E-state index contributed by atoms with van der Waals surface area (Å²) >= 11 is 3.60. The summed E-state index contributed by atoms with van der Waals surface area (Å²) in [4.78, 5) is 11.6. The number of fused-ring (bicyclic) bond motifs is 1. The van der Waals surface area contributed by atoms with Crippen LogP contribution >= 0.6 is 15.9 Å². The molecular weight excluding hydrogens is 478 g/mol. The lowest BCUT2D eigenvalue weighted by Gasteiger charge is -2.32. The van der Waals surface area contributed by atoms with Gasteiger partial charge >= 0.3 is 0 Å². The Kier molecular flexibility index (Phi) is 6.33. The molecule has 0 atom stereocenters. The Balaban J connectivity index is 1.29. The number of likely N-dealkylation sites (tertiary alicyclic amines) is 1. The van der Waals surface area contributed by atoms with Crippen LogP contribution in [0.15, 0.2) is 65.5 Å². The summed E-state index contributed by atoms with van der Waals surface area (Å²) in [6.45, 7) is 3.64. The summed E-state index contributed by atoms with van der Waals surface area (Å²) < 4.78 is 2.75. The van der Waals surface area contributed by atoms with Crippen molar-refractivity contribution in [2.24, 2.45) is 0 Å². The molecule has 4 aromatic rings. The molecule has 0 saturated carbocycles. The number of anilines is 1. The number of aromatic nitrogens is 4. The molecule has 1 fully saturated rings. The van der Waals surface area contributed by atoms with Crippen LogP contribution in [0.4, 0.5) is 5.82 Å². The van der Waals surface area contributed by atoms with Crippen molar-refractivity contribution in [3.63, 3.8) is 0 Å². The highest BCUT2D eigenvalue weighted by molar-refractivity contribution is 9.10. The van der Waals surface area contributed by atoms with Crippen molar-refractivity contribution < 1.29 is 0 Å². The van der Waals surface area contributed by atoms with Crippen molar-refractivity contribution in [1.82, 2.24) is 24.5 Å². The lowest BCUT2D eigenvalue weighted by molar-refractivity contribution is 0.203. The summed E-state index contributed by atoms with van der Waals surface area (Å²) in [7, 11) is 0. The van der Waals surface area contributed by atoms with E-state index in [4.69, 9.17) is 10.2 Å². The second kappa shape index (κ2) is 9.69. The Bertz CT molecular complexity index is 1270. The largest absolute Gasteiger partial charge is 0.366 e. The normalized spacial score (nSPS) is 14.9. The monoisotopic (exact) mass is 501 g/mol. The van der Waals surface area contributed by atoms with E-state index in [1.165, 1.54) is 5.56 Å². The first-order valence-corrected chi connectivity index (χ1v) is 11.9. The Morgan fingerprint density at radius 1 is 1.09 bits per heavy atom. The van der Waals surface area contributed by atoms with Crippen molar-refractivity contribution in [2.45, 2.75) is 31.8 Å². The number of nitrogens with zero attached hydrogens (tertiary/aromatic N) is 6. The first-order valence-electron chi connectivity index (χ1n) is 11.1. The molecule has 7 nitrogen and oxygen atoms in total. The molecule has 0 radical (unpaired) electrons. The molecule has 166 valence electrons. The molecule has 4 heterocycles. The number of benzene rings is 1. The third-order valence-electron chi connectivity index (χ3n) is 6.14. The van der Waals surface area contributed by atoms with Crippen molar-refractivity contribution in [3.05, 3.63) is 87.9 Å². The van der Waals surface area contributed by atoms with Crippen LogP contribution in [0.5, 0.6) is 0 Å². The third kappa shape index (κ3) is 4.90. The Labute approximate surface area is 201 Å². The molecule has 0 spiro atoms. The van der Waals surface area contributed by atoms with Gasteiger partial charge in [0.1, 0.15) is 5.82 Å². The second-order valence-corrected chi connectivity index (χ2v) is 9.22. The fraction of sp³-hybridized carbons (Fsp3) is 0.280. The topological polar surface area (TPSA) is 82.1 Å². The van der Waals surface area contributed by atoms with Gasteiger partial charge in [0.2, 0.25) is 0 Å². The van der Waals surface area contributed by atoms with Crippen LogP contribution in [0.3, 0.4) is 0 Å². The number of piperidine rings is 1. The number of nitriles is 1. The minimum atomic E-state index is 0.410. The van der Waals surface area contributed by atoms with Gasteiger partial charge in [-0.25, -0.2) is 4.98 Å². The highest BCUT2D eigenvalue weighted by atomic mass is 79.9. The van der Waals surface area contributed by atoms with Gasteiger partial charge in [-0.05, 0) is 71.2 Å². The predicted octanol–water partition coefficient (Wildman–Crippen LogP) is 4.75. The fourth-order valence-electron chi connectivity index (χ4n) is 4.31. The zero-order chi connectivity index (χ0) is 22.6. The first kappa shape index (κ1) is 21.6. The van der Waals surface area contributed by atoms with Crippen molar-refractivity contribution in [3.8, 4) is 6.07 Å². The van der Waals surface area contributed by atoms with Crippen LogP contribution in [-0.2, 0) is 13.1 Å². The zero-order valence-corrected chi connectivity index (χ0v) is 19.7. The van der Waals surface area contributed by atoms with Gasteiger partial charge in [-0.1, -0.05) is 18.2 Å². The average molecular weight is 502 g/mol. The summed E-state index contributed by atoms with van der Waals surface area (Å²) in [5.74, 6) is 1.34. The number of hydrogen-bond acceptors (Lipinski definition) is 6. The maximum atomic E-state index is 8.99. The van der Waals surface area contributed by atoms with Gasteiger partial charge in [0, 0.05) is 43.2 Å². The van der Waals surface area contributed by atoms with Crippen LogP contribution in [0.2, 0.25) is 0 Å². The van der Waals surface area contributed by atoms with E-state index in [1.807, 2.05) is 28.9 Å². The third-order valence-corrected chi connectivity index (χ3v) is 6.70. The summed E-state index contributed by atoms with van der Waals surface area (Å²) in [6, 6.07) is 16.2. The molecule has 33 heavy (non-hydrogen) atoms. The molecule has 0 unspecified atom stereocenters. The van der Waals surface area contributed by atoms with Crippen molar-refractivity contribution in [1.29, 1.82) is 5.26 Å². The fourth-order valence-corrected chi connectivity index (χ4v) is 4.66. The van der Waals surface area contributed by atoms with E-state index in [-0.39, 0.29) is 0 Å². The second-order valence-electron chi connectivity index (χ2n) is 8.37. The van der Waals surface area contributed by atoms with Crippen LogP contribution in [0.25, 0.3) is 5.65 Å². The minimum absolute atomic E-state index is 0.410. The van der Waals surface area contributed by atoms with E-state index >= 15 is 0 Å². The molecule has 0 amide bonds. The van der Waals surface area contributed by atoms with Crippen LogP contribution in [-0.4, -0.2) is 37.6 Å². The van der Waals surface area contributed by atoms with E-state index in [9.17, 15) is 0 Å². The molecule has 1 aromatic carbocycles. The summed E-state index contributed by atoms with van der Waals surface area (Å²) in [5.41, 5.74) is 5.01. The lowest BCUT2D eigenvalue weighted by atomic mass is 9.93. The van der Waals surface area contributed by atoms with Crippen LogP contribution < -0.4 is 5.32 Å². The van der Waals surface area contributed by atoms with Gasteiger partial charge in [0.05, 0.1) is 22.3 Å². The average Bonchev–Trinajstić information content (AvgIpc) is 3.25. The van der Waals surface area contributed by atoms with Crippen molar-refractivity contribution in [2.75, 3.05) is 18.4 Å². The highest BCUT2D eigenvalue weighted by Gasteiger charge is 2.23. The molecule has 0 aliphatic carbocycles. The summed E-state index contributed by atoms with van der Waals surface area (Å²) in [5, 5.41) is 17.0. The van der Waals surface area contributed by atoms with Gasteiger partial charge in [0.25, 0.3) is 0 Å². The number of rotatable bonds is 6. The molecule has 1 N–H and O–H groups in total. The highest BCUT2D eigenvalue weighted by Crippen LogP contribution is 2.31. The number of halogens is 1. The summed E-state index contributed by atoms with van der Waals surface area (Å²) in [6.07, 6.45) is 7.57. The molecular formula is C25H24BrN7. The van der Waals surface area contributed by atoms with Gasteiger partial charge in [-0.2, -0.15) is 14.9 Å². The molecule has 8 heteroatoms. The smallest absolute Gasteiger partial charge is 0.171 e. The molecule has 0 bridgehead atoms. The number of hydrogen-bond donors (Lipinski definition) is 1. The molecule has 1 saturated heterocycles. The maximum Gasteiger partial charge on any atom is 0.171 e. The quantitative estimate of drug-likeness (QED) is 0.410. The molecule has 5 rings (SSSR count). The molecule has 1 aliphatic rings. The van der Waals surface area contributed by atoms with E-state index in [0.717, 1.165) is 59.7 Å². The van der Waals surface area contributed by atoms with Crippen LogP contribution in [0, 0.1) is 11.3 Å². The number of pyridine rings is 1. The van der Waals surface area contributed by atoms with E-state index in [1.54, 1.807) is 12.4 Å². The Hall–Kier alpha value is -3.28. The minimum Gasteiger partial charge on any atom is -0.366 e.